The summed E-state index contributed by atoms with van der Waals surface area (Å²) in [6.45, 7) is 25.8. The number of fused-ring (bicyclic) bond motifs is 10. The maximum Gasteiger partial charge on any atom is 0.338 e. The van der Waals surface area contributed by atoms with Crippen LogP contribution in [0.25, 0.3) is 0 Å². The lowest BCUT2D eigenvalue weighted by atomic mass is 9.44. The lowest BCUT2D eigenvalue weighted by Gasteiger charge is -2.68. The standard InChI is InChI=1S/C35H46O12.C31H38O11.C4H8O/c1-18-22(38)16-35(41)29(45-30(40)21-13-11-10-12-14-21)27-33(8,28(39)26(44-19(2)36)25(18)31(35,4)5)23(47-32(6,7)42-9)15-24-34(27,17-43-24)46-20(3)37;1-15-19(34)13-31(38)26(41-27(37)18-10-8-7-9-11-18)24-29(6,20(35)12-21-30(24,14-39-21)42-17(3)33)25(36)23(40-16(2)32)22(15)28(31,4)5;1-4(2)5-3/h10-14,22-24,26-27,29,38,41H,15-17H2,1-9H3;7-11,19-21,23-24,26,34-35,38H,12-14H2,1-6H3;1H2,2-3H3/t22-,23-,24+,26+,27?,29-,33+,34-,35+;19-,20-,21+,23+,24?,26-,29+,30-,31+;/m00./s1. The van der Waals surface area contributed by atoms with E-state index in [-0.39, 0.29) is 61.2 Å². The molecule has 94 heavy (non-hydrogen) atoms. The lowest BCUT2D eigenvalue weighted by molar-refractivity contribution is -0.363. The molecule has 24 heteroatoms. The highest BCUT2D eigenvalue weighted by molar-refractivity contribution is 5.97. The molecule has 4 saturated carbocycles. The van der Waals surface area contributed by atoms with E-state index in [1.54, 1.807) is 125 Å². The predicted octanol–water partition coefficient (Wildman–Crippen LogP) is 5.88. The summed E-state index contributed by atoms with van der Waals surface area (Å²) in [6.07, 6.45) is -13.9. The van der Waals surface area contributed by atoms with Gasteiger partial charge in [0.15, 0.2) is 40.8 Å². The van der Waals surface area contributed by atoms with Crippen molar-refractivity contribution in [3.63, 3.8) is 0 Å². The Hall–Kier alpha value is -6.74. The normalized spacial score (nSPS) is 37.3. The van der Waals surface area contributed by atoms with Gasteiger partial charge in [-0.2, -0.15) is 0 Å². The number of ether oxygens (including phenoxy) is 11. The molecule has 2 aromatic rings. The Bertz CT molecular complexity index is 3390. The fourth-order valence-electron chi connectivity index (χ4n) is 16.4. The van der Waals surface area contributed by atoms with Gasteiger partial charge in [0.25, 0.3) is 0 Å². The number of carbonyl (C=O) groups is 8. The molecule has 0 spiro atoms. The van der Waals surface area contributed by atoms with E-state index in [1.807, 2.05) is 0 Å². The second kappa shape index (κ2) is 26.0. The number of hydrogen-bond donors (Lipinski definition) is 5. The Morgan fingerprint density at radius 1 is 0.564 bits per heavy atom. The first kappa shape index (κ1) is 73.1. The third-order valence-corrected chi connectivity index (χ3v) is 21.6. The Morgan fingerprint density at radius 2 is 0.926 bits per heavy atom. The number of rotatable bonds is 12. The fraction of sp³-hybridized carbons (Fsp3) is 0.629. The number of hydrogen-bond acceptors (Lipinski definition) is 24. The van der Waals surface area contributed by atoms with Crippen LogP contribution < -0.4 is 0 Å². The van der Waals surface area contributed by atoms with E-state index in [1.165, 1.54) is 46.9 Å². The summed E-state index contributed by atoms with van der Waals surface area (Å²) >= 11 is 0. The molecule has 5 N–H and O–H groups in total. The molecule has 2 unspecified atom stereocenters. The van der Waals surface area contributed by atoms with E-state index in [0.717, 1.165) is 12.7 Å². The molecule has 18 atom stereocenters. The van der Waals surface area contributed by atoms with Crippen molar-refractivity contribution in [2.75, 3.05) is 27.4 Å². The molecule has 2 aliphatic heterocycles. The average molecular weight is 1320 g/mol. The van der Waals surface area contributed by atoms with Crippen molar-refractivity contribution >= 4 is 47.4 Å². The molecule has 24 nitrogen and oxygen atoms in total. The zero-order valence-electron chi connectivity index (χ0n) is 56.6. The maximum atomic E-state index is 15.4. The number of Topliss-reactive ketones (excluding diaryl/α,β-unsaturated/α-hetero) is 2. The highest BCUT2D eigenvalue weighted by Gasteiger charge is 2.81. The molecular weight excluding hydrogens is 1220 g/mol. The molecule has 0 radical (unpaired) electrons. The third-order valence-electron chi connectivity index (χ3n) is 21.6. The van der Waals surface area contributed by atoms with Gasteiger partial charge in [-0.05, 0) is 95.0 Å². The zero-order chi connectivity index (χ0) is 70.2. The molecule has 2 saturated heterocycles. The topological polar surface area (TPSA) is 339 Å². The van der Waals surface area contributed by atoms with E-state index in [9.17, 15) is 59.1 Å². The minimum absolute atomic E-state index is 0.0490. The highest BCUT2D eigenvalue weighted by atomic mass is 16.7. The van der Waals surface area contributed by atoms with Crippen LogP contribution in [0.3, 0.4) is 0 Å². The van der Waals surface area contributed by atoms with E-state index in [4.69, 9.17) is 47.4 Å². The number of benzene rings is 2. The number of esters is 6. The molecule has 516 valence electrons. The third kappa shape index (κ3) is 11.9. The average Bonchev–Trinajstić information content (AvgIpc) is 0.676. The van der Waals surface area contributed by atoms with Gasteiger partial charge in [-0.15, -0.1) is 0 Å². The minimum Gasteiger partial charge on any atom is -0.502 e. The molecule has 6 fully saturated rings. The van der Waals surface area contributed by atoms with Crippen LogP contribution in [0.15, 0.2) is 95.3 Å². The van der Waals surface area contributed by atoms with Gasteiger partial charge >= 0.3 is 35.8 Å². The number of allylic oxidation sites excluding steroid dienone is 1. The Labute approximate surface area is 547 Å². The second-order valence-electron chi connectivity index (χ2n) is 28.1. The first-order chi connectivity index (χ1) is 43.6. The van der Waals surface area contributed by atoms with Gasteiger partial charge in [0, 0.05) is 71.3 Å². The van der Waals surface area contributed by atoms with Crippen molar-refractivity contribution in [2.45, 2.75) is 219 Å². The van der Waals surface area contributed by atoms with Crippen molar-refractivity contribution < 1.29 is 116 Å². The van der Waals surface area contributed by atoms with Crippen LogP contribution in [0.4, 0.5) is 0 Å². The summed E-state index contributed by atoms with van der Waals surface area (Å²) in [7, 11) is 3.05. The SMILES string of the molecule is C=C(C)OC.CC(=O)O[C@H]1C(=O)[C@@]2(C)C([C@H](OC(=O)c3ccccc3)[C@]3(O)C[C@H](O)C(C)=C1C3(C)C)[C@]1(OC(C)=O)CO[C@@H]1C[C@@H]2O.COC(C)(C)O[C@H]1C[C@H]2OC[C@@]2(OC(C)=O)C2[C@H](OC(=O)c3ccccc3)[C@]3(O)C[C@H](O)C(C)=C([C@@H](OC(C)=O)C(=O)[C@@]21C)C3(C)C. The largest absolute Gasteiger partial charge is 0.502 e. The highest BCUT2D eigenvalue weighted by Crippen LogP contribution is 2.67. The summed E-state index contributed by atoms with van der Waals surface area (Å²) in [5.41, 5.74) is -12.6. The van der Waals surface area contributed by atoms with Crippen molar-refractivity contribution in [1.82, 2.24) is 0 Å². The minimum atomic E-state index is -2.11. The zero-order valence-corrected chi connectivity index (χ0v) is 56.6. The molecular formula is C70H92O24. The summed E-state index contributed by atoms with van der Waals surface area (Å²) < 4.78 is 64.5. The number of aliphatic hydroxyl groups excluding tert-OH is 3. The molecule has 4 bridgehead atoms. The fourth-order valence-corrected chi connectivity index (χ4v) is 16.4. The molecule has 0 amide bonds. The maximum absolute atomic E-state index is 15.4. The quantitative estimate of drug-likeness (QED) is 0.0544. The Kier molecular flexibility index (Phi) is 20.2. The summed E-state index contributed by atoms with van der Waals surface area (Å²) in [5.74, 6) is -9.09. The molecule has 0 aromatic heterocycles. The van der Waals surface area contributed by atoms with E-state index >= 15 is 4.79 Å². The Morgan fingerprint density at radius 3 is 1.26 bits per heavy atom. The van der Waals surface area contributed by atoms with E-state index in [0.29, 0.717) is 11.1 Å². The van der Waals surface area contributed by atoms with Gasteiger partial charge in [0.1, 0.15) is 35.6 Å². The van der Waals surface area contributed by atoms with Gasteiger partial charge in [-0.3, -0.25) is 28.8 Å². The molecule has 10 rings (SSSR count). The number of ketones is 2. The Balaban J connectivity index is 0.000000226. The number of methoxy groups -OCH3 is 2. The van der Waals surface area contributed by atoms with Crippen LogP contribution in [0.2, 0.25) is 0 Å². The summed E-state index contributed by atoms with van der Waals surface area (Å²) in [5, 5.41) is 60.4. The monoisotopic (exact) mass is 1320 g/mol. The first-order valence-electron chi connectivity index (χ1n) is 31.5. The van der Waals surface area contributed by atoms with E-state index < -0.39 is 170 Å². The van der Waals surface area contributed by atoms with Crippen LogP contribution in [0.5, 0.6) is 0 Å². The van der Waals surface area contributed by atoms with Crippen LogP contribution in [0.1, 0.15) is 150 Å². The second-order valence-corrected chi connectivity index (χ2v) is 28.1. The molecule has 2 aromatic carbocycles. The van der Waals surface area contributed by atoms with Crippen LogP contribution in [0, 0.1) is 33.5 Å². The lowest BCUT2D eigenvalue weighted by Crippen LogP contribution is -2.82. The number of aliphatic hydroxyl groups is 5. The smallest absolute Gasteiger partial charge is 0.338 e. The molecule has 6 aliphatic carbocycles. The van der Waals surface area contributed by atoms with Crippen molar-refractivity contribution in [2.24, 2.45) is 33.5 Å². The van der Waals surface area contributed by atoms with Crippen molar-refractivity contribution in [3.8, 4) is 0 Å². The number of carbonyl (C=O) groups excluding carboxylic acids is 8. The van der Waals surface area contributed by atoms with Crippen LogP contribution in [-0.4, -0.2) is 190 Å². The van der Waals surface area contributed by atoms with Crippen molar-refractivity contribution in [3.05, 3.63) is 106 Å². The van der Waals surface area contributed by atoms with Crippen molar-refractivity contribution in [1.29, 1.82) is 0 Å². The first-order valence-corrected chi connectivity index (χ1v) is 31.5. The molecule has 8 aliphatic rings. The van der Waals surface area contributed by atoms with Crippen LogP contribution in [-0.2, 0) is 80.9 Å². The summed E-state index contributed by atoms with van der Waals surface area (Å²) in [4.78, 5) is 108. The van der Waals surface area contributed by atoms with Gasteiger partial charge in [-0.25, -0.2) is 9.59 Å². The van der Waals surface area contributed by atoms with E-state index in [2.05, 4.69) is 11.3 Å². The van der Waals surface area contributed by atoms with Gasteiger partial charge < -0.3 is 77.6 Å². The van der Waals surface area contributed by atoms with Gasteiger partial charge in [0.2, 0.25) is 0 Å². The predicted molar refractivity (Wildman–Crippen MR) is 331 cm³/mol. The van der Waals surface area contributed by atoms with Crippen LogP contribution >= 0.6 is 0 Å². The summed E-state index contributed by atoms with van der Waals surface area (Å²) in [6, 6.07) is 16.2. The van der Waals surface area contributed by atoms with Gasteiger partial charge in [0.05, 0.1) is 84.3 Å². The van der Waals surface area contributed by atoms with Gasteiger partial charge in [-0.1, -0.05) is 70.7 Å². The molecule has 2 heterocycles.